The van der Waals surface area contributed by atoms with Gasteiger partial charge < -0.3 is 5.73 Å². The van der Waals surface area contributed by atoms with Gasteiger partial charge in [-0.15, -0.1) is 0 Å². The summed E-state index contributed by atoms with van der Waals surface area (Å²) in [6.07, 6.45) is 11.0. The molecule has 1 nitrogen and oxygen atoms in total. The molecule has 2 N–H and O–H groups in total. The molecule has 1 heteroatoms. The Kier molecular flexibility index (Phi) is 4.18. The van der Waals surface area contributed by atoms with Gasteiger partial charge in [-0.3, -0.25) is 0 Å². The molecule has 17 heavy (non-hydrogen) atoms. The Morgan fingerprint density at radius 2 is 1.65 bits per heavy atom. The lowest BCUT2D eigenvalue weighted by atomic mass is 9.59. The summed E-state index contributed by atoms with van der Waals surface area (Å²) in [5, 5.41) is 0. The van der Waals surface area contributed by atoms with E-state index in [0.29, 0.717) is 0 Å². The van der Waals surface area contributed by atoms with Crippen molar-refractivity contribution < 1.29 is 0 Å². The highest BCUT2D eigenvalue weighted by Crippen LogP contribution is 2.46. The van der Waals surface area contributed by atoms with E-state index in [2.05, 4.69) is 20.8 Å². The van der Waals surface area contributed by atoms with Gasteiger partial charge in [0.2, 0.25) is 0 Å². The molecule has 4 unspecified atom stereocenters. The van der Waals surface area contributed by atoms with Crippen molar-refractivity contribution in [2.24, 2.45) is 29.4 Å². The number of hydrogen-bond acceptors (Lipinski definition) is 1. The third-order valence-corrected chi connectivity index (χ3v) is 5.43. The Hall–Kier alpha value is -0.0400. The molecule has 0 saturated heterocycles. The lowest BCUT2D eigenvalue weighted by Gasteiger charge is -2.49. The molecule has 0 bridgehead atoms. The lowest BCUT2D eigenvalue weighted by Crippen LogP contribution is -2.54. The zero-order valence-corrected chi connectivity index (χ0v) is 12.0. The summed E-state index contributed by atoms with van der Waals surface area (Å²) in [5.74, 6) is 3.39. The fraction of sp³-hybridized carbons (Fsp3) is 1.00. The predicted octanol–water partition coefficient (Wildman–Crippen LogP) is 4.36. The summed E-state index contributed by atoms with van der Waals surface area (Å²) in [4.78, 5) is 0. The maximum atomic E-state index is 6.88. The third-order valence-electron chi connectivity index (χ3n) is 5.43. The summed E-state index contributed by atoms with van der Waals surface area (Å²) in [5.41, 5.74) is 7.05. The lowest BCUT2D eigenvalue weighted by molar-refractivity contribution is 0.0582. The average molecular weight is 237 g/mol. The van der Waals surface area contributed by atoms with Gasteiger partial charge in [-0.05, 0) is 49.4 Å². The van der Waals surface area contributed by atoms with Gasteiger partial charge in [0, 0.05) is 5.54 Å². The molecule has 0 radical (unpaired) electrons. The van der Waals surface area contributed by atoms with Gasteiger partial charge in [-0.1, -0.05) is 46.5 Å². The van der Waals surface area contributed by atoms with Gasteiger partial charge in [0.15, 0.2) is 0 Å². The molecule has 0 amide bonds. The maximum Gasteiger partial charge on any atom is 0.0190 e. The molecular weight excluding hydrogens is 206 g/mol. The number of nitrogens with two attached hydrogens (primary N) is 1. The van der Waals surface area contributed by atoms with Crippen molar-refractivity contribution in [2.45, 2.75) is 77.7 Å². The first-order valence-electron chi connectivity index (χ1n) is 7.84. The van der Waals surface area contributed by atoms with Gasteiger partial charge in [0.1, 0.15) is 0 Å². The third kappa shape index (κ3) is 2.86. The number of hydrogen-bond donors (Lipinski definition) is 1. The number of rotatable bonds is 2. The standard InChI is InChI=1S/C16H31N/c1-4-14-7-5-6-8-15(14)16(17)10-12(2)9-13(3)11-16/h12-15H,4-11,17H2,1-3H3. The smallest absolute Gasteiger partial charge is 0.0190 e. The minimum atomic E-state index is 0.165. The minimum absolute atomic E-state index is 0.165. The van der Waals surface area contributed by atoms with E-state index in [4.69, 9.17) is 5.73 Å². The fourth-order valence-electron chi connectivity index (χ4n) is 4.99. The highest BCUT2D eigenvalue weighted by Gasteiger charge is 2.44. The second-order valence-corrected chi connectivity index (χ2v) is 7.15. The van der Waals surface area contributed by atoms with Crippen LogP contribution in [0.4, 0.5) is 0 Å². The summed E-state index contributed by atoms with van der Waals surface area (Å²) in [7, 11) is 0. The minimum Gasteiger partial charge on any atom is -0.325 e. The zero-order valence-electron chi connectivity index (χ0n) is 12.0. The molecule has 4 atom stereocenters. The van der Waals surface area contributed by atoms with Crippen molar-refractivity contribution in [3.05, 3.63) is 0 Å². The first-order chi connectivity index (χ1) is 8.05. The molecule has 0 aromatic carbocycles. The van der Waals surface area contributed by atoms with E-state index in [1.807, 2.05) is 0 Å². The van der Waals surface area contributed by atoms with Crippen LogP contribution in [-0.2, 0) is 0 Å². The van der Waals surface area contributed by atoms with Gasteiger partial charge in [0.25, 0.3) is 0 Å². The van der Waals surface area contributed by atoms with E-state index < -0.39 is 0 Å². The molecular formula is C16H31N. The van der Waals surface area contributed by atoms with Crippen LogP contribution in [0.1, 0.15) is 72.1 Å². The van der Waals surface area contributed by atoms with Crippen LogP contribution in [0.2, 0.25) is 0 Å². The van der Waals surface area contributed by atoms with Crippen LogP contribution in [0.5, 0.6) is 0 Å². The summed E-state index contributed by atoms with van der Waals surface area (Å²) in [6, 6.07) is 0. The van der Waals surface area contributed by atoms with E-state index in [0.717, 1.165) is 23.7 Å². The Labute approximate surface area is 108 Å². The molecule has 2 fully saturated rings. The Morgan fingerprint density at radius 1 is 1.06 bits per heavy atom. The van der Waals surface area contributed by atoms with Crippen LogP contribution in [0.15, 0.2) is 0 Å². The van der Waals surface area contributed by atoms with Gasteiger partial charge in [0.05, 0.1) is 0 Å². The van der Waals surface area contributed by atoms with Crippen molar-refractivity contribution >= 4 is 0 Å². The maximum absolute atomic E-state index is 6.88. The van der Waals surface area contributed by atoms with Crippen molar-refractivity contribution in [2.75, 3.05) is 0 Å². The van der Waals surface area contributed by atoms with Crippen LogP contribution in [0.3, 0.4) is 0 Å². The average Bonchev–Trinajstić information content (AvgIpc) is 2.27. The van der Waals surface area contributed by atoms with Gasteiger partial charge in [-0.2, -0.15) is 0 Å². The quantitative estimate of drug-likeness (QED) is 0.759. The largest absolute Gasteiger partial charge is 0.325 e. The zero-order chi connectivity index (χ0) is 12.5. The first-order valence-corrected chi connectivity index (χ1v) is 7.84. The molecule has 2 aliphatic carbocycles. The van der Waals surface area contributed by atoms with Gasteiger partial charge >= 0.3 is 0 Å². The molecule has 0 aromatic heterocycles. The van der Waals surface area contributed by atoms with Crippen LogP contribution in [-0.4, -0.2) is 5.54 Å². The van der Waals surface area contributed by atoms with Crippen LogP contribution in [0, 0.1) is 23.7 Å². The van der Waals surface area contributed by atoms with Crippen LogP contribution in [0.25, 0.3) is 0 Å². The van der Waals surface area contributed by atoms with Crippen molar-refractivity contribution in [1.29, 1.82) is 0 Å². The normalized spacial score (nSPS) is 48.0. The second kappa shape index (κ2) is 5.30. The monoisotopic (exact) mass is 237 g/mol. The molecule has 0 heterocycles. The summed E-state index contributed by atoms with van der Waals surface area (Å²) in [6.45, 7) is 7.17. The van der Waals surface area contributed by atoms with Gasteiger partial charge in [-0.25, -0.2) is 0 Å². The van der Waals surface area contributed by atoms with E-state index in [9.17, 15) is 0 Å². The molecule has 0 aromatic rings. The Balaban J connectivity index is 2.11. The topological polar surface area (TPSA) is 26.0 Å². The first kappa shape index (κ1) is 13.4. The van der Waals surface area contributed by atoms with Crippen molar-refractivity contribution in [3.8, 4) is 0 Å². The SMILES string of the molecule is CCC1CCCCC1C1(N)CC(C)CC(C)C1. The van der Waals surface area contributed by atoms with Crippen molar-refractivity contribution in [1.82, 2.24) is 0 Å². The van der Waals surface area contributed by atoms with E-state index >= 15 is 0 Å². The predicted molar refractivity (Wildman–Crippen MR) is 74.8 cm³/mol. The molecule has 2 rings (SSSR count). The van der Waals surface area contributed by atoms with Crippen molar-refractivity contribution in [3.63, 3.8) is 0 Å². The fourth-order valence-corrected chi connectivity index (χ4v) is 4.99. The molecule has 2 saturated carbocycles. The van der Waals surface area contributed by atoms with E-state index in [1.54, 1.807) is 0 Å². The summed E-state index contributed by atoms with van der Waals surface area (Å²) >= 11 is 0. The van der Waals surface area contributed by atoms with E-state index in [1.165, 1.54) is 51.4 Å². The second-order valence-electron chi connectivity index (χ2n) is 7.15. The van der Waals surface area contributed by atoms with Crippen LogP contribution < -0.4 is 5.73 Å². The molecule has 2 aliphatic rings. The molecule has 0 spiro atoms. The highest BCUT2D eigenvalue weighted by atomic mass is 14.8. The van der Waals surface area contributed by atoms with E-state index in [-0.39, 0.29) is 5.54 Å². The molecule has 100 valence electrons. The Morgan fingerprint density at radius 3 is 2.24 bits per heavy atom. The molecule has 0 aliphatic heterocycles. The summed E-state index contributed by atoms with van der Waals surface area (Å²) < 4.78 is 0. The van der Waals surface area contributed by atoms with Crippen LogP contribution >= 0.6 is 0 Å². The highest BCUT2D eigenvalue weighted by molar-refractivity contribution is 5.00. The Bertz CT molecular complexity index is 238.